The highest BCUT2D eigenvalue weighted by Gasteiger charge is 2.12. The first-order chi connectivity index (χ1) is 9.09. The number of pyridine rings is 1. The fraction of sp³-hybridized carbons (Fsp3) is 0.357. The molecule has 2 rings (SSSR count). The van der Waals surface area contributed by atoms with Gasteiger partial charge < -0.3 is 11.1 Å². The SMILES string of the molecule is Cc1cccnc1CNc1ncnc(N)c1C(C)C. The molecule has 0 saturated heterocycles. The fourth-order valence-corrected chi connectivity index (χ4v) is 1.99. The smallest absolute Gasteiger partial charge is 0.135 e. The van der Waals surface area contributed by atoms with Crippen molar-refractivity contribution < 1.29 is 0 Å². The number of aromatic nitrogens is 3. The van der Waals surface area contributed by atoms with Crippen molar-refractivity contribution in [3.05, 3.63) is 41.5 Å². The summed E-state index contributed by atoms with van der Waals surface area (Å²) in [7, 11) is 0. The molecule has 0 saturated carbocycles. The Labute approximate surface area is 113 Å². The number of anilines is 2. The topological polar surface area (TPSA) is 76.7 Å². The van der Waals surface area contributed by atoms with Crippen LogP contribution >= 0.6 is 0 Å². The van der Waals surface area contributed by atoms with E-state index in [1.807, 2.05) is 19.1 Å². The Morgan fingerprint density at radius 3 is 2.74 bits per heavy atom. The van der Waals surface area contributed by atoms with E-state index in [-0.39, 0.29) is 5.92 Å². The third kappa shape index (κ3) is 2.99. The molecular weight excluding hydrogens is 238 g/mol. The van der Waals surface area contributed by atoms with Crippen LogP contribution in [0.15, 0.2) is 24.7 Å². The molecule has 0 aliphatic heterocycles. The van der Waals surface area contributed by atoms with Crippen molar-refractivity contribution in [2.45, 2.75) is 33.2 Å². The molecule has 3 N–H and O–H groups in total. The van der Waals surface area contributed by atoms with E-state index < -0.39 is 0 Å². The molecule has 0 unspecified atom stereocenters. The van der Waals surface area contributed by atoms with Crippen LogP contribution in [0, 0.1) is 6.92 Å². The second kappa shape index (κ2) is 5.65. The van der Waals surface area contributed by atoms with E-state index >= 15 is 0 Å². The summed E-state index contributed by atoms with van der Waals surface area (Å²) in [4.78, 5) is 12.7. The van der Waals surface area contributed by atoms with Gasteiger partial charge in [-0.25, -0.2) is 9.97 Å². The van der Waals surface area contributed by atoms with Gasteiger partial charge in [0, 0.05) is 11.8 Å². The molecule has 0 aliphatic rings. The van der Waals surface area contributed by atoms with Crippen molar-refractivity contribution in [2.24, 2.45) is 0 Å². The van der Waals surface area contributed by atoms with Crippen LogP contribution in [0.1, 0.15) is 36.6 Å². The molecule has 2 aromatic heterocycles. The molecular formula is C14H19N5. The molecule has 0 aliphatic carbocycles. The van der Waals surface area contributed by atoms with Gasteiger partial charge in [0.05, 0.1) is 12.2 Å². The summed E-state index contributed by atoms with van der Waals surface area (Å²) >= 11 is 0. The molecule has 0 atom stereocenters. The lowest BCUT2D eigenvalue weighted by Gasteiger charge is -2.15. The number of aryl methyl sites for hydroxylation is 1. The van der Waals surface area contributed by atoms with E-state index in [4.69, 9.17) is 5.73 Å². The van der Waals surface area contributed by atoms with E-state index in [9.17, 15) is 0 Å². The lowest BCUT2D eigenvalue weighted by atomic mass is 10.0. The van der Waals surface area contributed by atoms with E-state index in [2.05, 4.69) is 34.1 Å². The van der Waals surface area contributed by atoms with Crippen LogP contribution in [-0.2, 0) is 6.54 Å². The molecule has 0 radical (unpaired) electrons. The standard InChI is InChI=1S/C14H19N5/c1-9(2)12-13(15)18-8-19-14(12)17-7-11-10(3)5-4-6-16-11/h4-6,8-9H,7H2,1-3H3,(H3,15,17,18,19). The van der Waals surface area contributed by atoms with Crippen LogP contribution in [0.5, 0.6) is 0 Å². The van der Waals surface area contributed by atoms with Crippen LogP contribution < -0.4 is 11.1 Å². The second-order valence-corrected chi connectivity index (χ2v) is 4.80. The highest BCUT2D eigenvalue weighted by atomic mass is 15.0. The maximum atomic E-state index is 5.91. The Balaban J connectivity index is 2.21. The average Bonchev–Trinajstić information content (AvgIpc) is 2.37. The summed E-state index contributed by atoms with van der Waals surface area (Å²) in [5.74, 6) is 1.59. The maximum Gasteiger partial charge on any atom is 0.135 e. The summed E-state index contributed by atoms with van der Waals surface area (Å²) in [6, 6.07) is 3.97. The lowest BCUT2D eigenvalue weighted by Crippen LogP contribution is -2.10. The van der Waals surface area contributed by atoms with Crippen molar-refractivity contribution in [3.63, 3.8) is 0 Å². The predicted octanol–water partition coefficient (Wildman–Crippen LogP) is 2.50. The maximum absolute atomic E-state index is 5.91. The Kier molecular flexibility index (Phi) is 3.94. The molecule has 2 aromatic rings. The quantitative estimate of drug-likeness (QED) is 0.880. The Morgan fingerprint density at radius 1 is 1.26 bits per heavy atom. The molecule has 0 aromatic carbocycles. The minimum Gasteiger partial charge on any atom is -0.383 e. The van der Waals surface area contributed by atoms with Crippen molar-refractivity contribution in [3.8, 4) is 0 Å². The summed E-state index contributed by atoms with van der Waals surface area (Å²) < 4.78 is 0. The van der Waals surface area contributed by atoms with Gasteiger partial charge in [-0.05, 0) is 24.5 Å². The van der Waals surface area contributed by atoms with E-state index in [0.717, 1.165) is 22.6 Å². The number of rotatable bonds is 4. The van der Waals surface area contributed by atoms with Crippen LogP contribution in [0.3, 0.4) is 0 Å². The van der Waals surface area contributed by atoms with Gasteiger partial charge in [0.15, 0.2) is 0 Å². The summed E-state index contributed by atoms with van der Waals surface area (Å²) in [5, 5.41) is 3.30. The molecule has 0 fully saturated rings. The third-order valence-corrected chi connectivity index (χ3v) is 3.03. The first-order valence-electron chi connectivity index (χ1n) is 6.34. The minimum absolute atomic E-state index is 0.272. The Bertz CT molecular complexity index is 566. The molecule has 5 nitrogen and oxygen atoms in total. The van der Waals surface area contributed by atoms with Crippen LogP contribution in [0.4, 0.5) is 11.6 Å². The van der Waals surface area contributed by atoms with E-state index in [1.165, 1.54) is 6.33 Å². The number of nitrogens with one attached hydrogen (secondary N) is 1. The fourth-order valence-electron chi connectivity index (χ4n) is 1.99. The zero-order valence-corrected chi connectivity index (χ0v) is 11.5. The van der Waals surface area contributed by atoms with Crippen LogP contribution in [0.25, 0.3) is 0 Å². The molecule has 0 bridgehead atoms. The molecule has 100 valence electrons. The molecule has 19 heavy (non-hydrogen) atoms. The lowest BCUT2D eigenvalue weighted by molar-refractivity contribution is 0.847. The average molecular weight is 257 g/mol. The minimum atomic E-state index is 0.272. The Hall–Kier alpha value is -2.17. The molecule has 0 spiro atoms. The second-order valence-electron chi connectivity index (χ2n) is 4.80. The highest BCUT2D eigenvalue weighted by Crippen LogP contribution is 2.26. The predicted molar refractivity (Wildman–Crippen MR) is 76.8 cm³/mol. The third-order valence-electron chi connectivity index (χ3n) is 3.03. The normalized spacial score (nSPS) is 10.7. The van der Waals surface area contributed by atoms with E-state index in [1.54, 1.807) is 6.20 Å². The highest BCUT2D eigenvalue weighted by molar-refractivity contribution is 5.56. The van der Waals surface area contributed by atoms with Gasteiger partial charge in [-0.3, -0.25) is 4.98 Å². The first-order valence-corrected chi connectivity index (χ1v) is 6.34. The van der Waals surface area contributed by atoms with Gasteiger partial charge >= 0.3 is 0 Å². The largest absolute Gasteiger partial charge is 0.383 e. The van der Waals surface area contributed by atoms with E-state index in [0.29, 0.717) is 12.4 Å². The van der Waals surface area contributed by atoms with Gasteiger partial charge in [-0.2, -0.15) is 0 Å². The zero-order valence-electron chi connectivity index (χ0n) is 11.5. The van der Waals surface area contributed by atoms with Crippen molar-refractivity contribution in [1.29, 1.82) is 0 Å². The molecule has 0 amide bonds. The Morgan fingerprint density at radius 2 is 2.05 bits per heavy atom. The number of nitrogens with zero attached hydrogens (tertiary/aromatic N) is 3. The van der Waals surface area contributed by atoms with Gasteiger partial charge in [0.25, 0.3) is 0 Å². The number of nitrogens with two attached hydrogens (primary N) is 1. The van der Waals surface area contributed by atoms with Gasteiger partial charge in [-0.15, -0.1) is 0 Å². The van der Waals surface area contributed by atoms with Crippen LogP contribution in [0.2, 0.25) is 0 Å². The van der Waals surface area contributed by atoms with Crippen molar-refractivity contribution in [2.75, 3.05) is 11.1 Å². The monoisotopic (exact) mass is 257 g/mol. The summed E-state index contributed by atoms with van der Waals surface area (Å²) in [5.41, 5.74) is 9.03. The number of hydrogen-bond donors (Lipinski definition) is 2. The zero-order chi connectivity index (χ0) is 13.8. The van der Waals surface area contributed by atoms with Gasteiger partial charge in [0.1, 0.15) is 18.0 Å². The van der Waals surface area contributed by atoms with Crippen molar-refractivity contribution >= 4 is 11.6 Å². The van der Waals surface area contributed by atoms with Gasteiger partial charge in [0.2, 0.25) is 0 Å². The number of nitrogen functional groups attached to an aromatic ring is 1. The van der Waals surface area contributed by atoms with Crippen LogP contribution in [-0.4, -0.2) is 15.0 Å². The summed E-state index contributed by atoms with van der Waals surface area (Å²) in [6.45, 7) is 6.82. The van der Waals surface area contributed by atoms with Gasteiger partial charge in [-0.1, -0.05) is 19.9 Å². The molecule has 5 heteroatoms. The summed E-state index contributed by atoms with van der Waals surface area (Å²) in [6.07, 6.45) is 3.27. The number of hydrogen-bond acceptors (Lipinski definition) is 5. The van der Waals surface area contributed by atoms with Crippen molar-refractivity contribution in [1.82, 2.24) is 15.0 Å². The first kappa shape index (κ1) is 13.3. The molecule has 2 heterocycles.